The number of nitrogens with zero attached hydrogens (tertiary/aromatic N) is 3. The maximum absolute atomic E-state index is 5.74. The zero-order valence-electron chi connectivity index (χ0n) is 9.14. The minimum absolute atomic E-state index is 0.377. The second kappa shape index (κ2) is 4.53. The predicted molar refractivity (Wildman–Crippen MR) is 62.2 cm³/mol. The van der Waals surface area contributed by atoms with E-state index in [2.05, 4.69) is 10.3 Å². The highest BCUT2D eigenvalue weighted by Crippen LogP contribution is 2.17. The van der Waals surface area contributed by atoms with E-state index in [9.17, 15) is 0 Å². The Morgan fingerprint density at radius 2 is 2.00 bits per heavy atom. The Morgan fingerprint density at radius 3 is 2.50 bits per heavy atom. The SMILES string of the molecule is COc1ccc(-n2nnc(CCl)c2C)cc1. The molecule has 0 spiro atoms. The quantitative estimate of drug-likeness (QED) is 0.770. The third-order valence-corrected chi connectivity index (χ3v) is 2.69. The number of ether oxygens (including phenoxy) is 1. The van der Waals surface area contributed by atoms with Gasteiger partial charge in [-0.2, -0.15) is 0 Å². The summed E-state index contributed by atoms with van der Waals surface area (Å²) in [5.74, 6) is 1.20. The summed E-state index contributed by atoms with van der Waals surface area (Å²) in [6, 6.07) is 7.63. The number of methoxy groups -OCH3 is 1. The van der Waals surface area contributed by atoms with Gasteiger partial charge in [-0.1, -0.05) is 5.21 Å². The molecule has 0 radical (unpaired) electrons. The van der Waals surface area contributed by atoms with Crippen molar-refractivity contribution in [1.29, 1.82) is 0 Å². The number of alkyl halides is 1. The fourth-order valence-corrected chi connectivity index (χ4v) is 1.70. The zero-order chi connectivity index (χ0) is 11.5. The van der Waals surface area contributed by atoms with E-state index in [1.807, 2.05) is 31.2 Å². The van der Waals surface area contributed by atoms with E-state index in [0.717, 1.165) is 22.8 Å². The Kier molecular flexibility index (Phi) is 3.10. The number of halogens is 1. The number of benzene rings is 1. The molecule has 0 saturated heterocycles. The molecular weight excluding hydrogens is 226 g/mol. The van der Waals surface area contributed by atoms with Crippen molar-refractivity contribution in [2.24, 2.45) is 0 Å². The van der Waals surface area contributed by atoms with Crippen LogP contribution in [-0.4, -0.2) is 22.1 Å². The van der Waals surface area contributed by atoms with Gasteiger partial charge in [-0.15, -0.1) is 16.7 Å². The number of hydrogen-bond donors (Lipinski definition) is 0. The third-order valence-electron chi connectivity index (χ3n) is 2.43. The van der Waals surface area contributed by atoms with Crippen molar-refractivity contribution in [3.05, 3.63) is 35.7 Å². The first-order chi connectivity index (χ1) is 7.76. The summed E-state index contributed by atoms with van der Waals surface area (Å²) in [4.78, 5) is 0. The van der Waals surface area contributed by atoms with Gasteiger partial charge in [0.15, 0.2) is 0 Å². The monoisotopic (exact) mass is 237 g/mol. The highest BCUT2D eigenvalue weighted by atomic mass is 35.5. The highest BCUT2D eigenvalue weighted by Gasteiger charge is 2.08. The molecule has 0 aliphatic heterocycles. The lowest BCUT2D eigenvalue weighted by molar-refractivity contribution is 0.414. The standard InChI is InChI=1S/C11H12ClN3O/c1-8-11(7-12)13-14-15(8)9-3-5-10(16-2)6-4-9/h3-6H,7H2,1-2H3. The van der Waals surface area contributed by atoms with Crippen LogP contribution in [0.15, 0.2) is 24.3 Å². The molecule has 0 saturated carbocycles. The van der Waals surface area contributed by atoms with Gasteiger partial charge in [-0.3, -0.25) is 0 Å². The molecular formula is C11H12ClN3O. The van der Waals surface area contributed by atoms with E-state index >= 15 is 0 Å². The Labute approximate surface area is 98.8 Å². The first-order valence-electron chi connectivity index (χ1n) is 4.88. The zero-order valence-corrected chi connectivity index (χ0v) is 9.90. The van der Waals surface area contributed by atoms with Gasteiger partial charge in [0.1, 0.15) is 11.4 Å². The normalized spacial score (nSPS) is 10.4. The van der Waals surface area contributed by atoms with Crippen molar-refractivity contribution in [1.82, 2.24) is 15.0 Å². The summed E-state index contributed by atoms with van der Waals surface area (Å²) in [5.41, 5.74) is 2.71. The molecule has 0 unspecified atom stereocenters. The van der Waals surface area contributed by atoms with Crippen LogP contribution in [0.25, 0.3) is 5.69 Å². The van der Waals surface area contributed by atoms with E-state index in [1.54, 1.807) is 11.8 Å². The summed E-state index contributed by atoms with van der Waals surface area (Å²) in [6.45, 7) is 1.95. The fourth-order valence-electron chi connectivity index (χ4n) is 1.45. The van der Waals surface area contributed by atoms with Crippen LogP contribution in [0.2, 0.25) is 0 Å². The van der Waals surface area contributed by atoms with Gasteiger partial charge in [0.05, 0.1) is 24.4 Å². The van der Waals surface area contributed by atoms with E-state index in [-0.39, 0.29) is 0 Å². The van der Waals surface area contributed by atoms with Crippen LogP contribution in [0.4, 0.5) is 0 Å². The Bertz CT molecular complexity index is 478. The predicted octanol–water partition coefficient (Wildman–Crippen LogP) is 2.32. The summed E-state index contributed by atoms with van der Waals surface area (Å²) < 4.78 is 6.86. The molecule has 2 aromatic rings. The van der Waals surface area contributed by atoms with Gasteiger partial charge < -0.3 is 4.74 Å². The number of rotatable bonds is 3. The third kappa shape index (κ3) is 1.88. The van der Waals surface area contributed by atoms with Crippen LogP contribution in [0.3, 0.4) is 0 Å². The largest absolute Gasteiger partial charge is 0.497 e. The smallest absolute Gasteiger partial charge is 0.119 e. The average molecular weight is 238 g/mol. The molecule has 16 heavy (non-hydrogen) atoms. The van der Waals surface area contributed by atoms with Crippen molar-refractivity contribution in [3.8, 4) is 11.4 Å². The maximum Gasteiger partial charge on any atom is 0.119 e. The second-order valence-corrected chi connectivity index (χ2v) is 3.63. The topological polar surface area (TPSA) is 39.9 Å². The first kappa shape index (κ1) is 11.0. The van der Waals surface area contributed by atoms with Gasteiger partial charge >= 0.3 is 0 Å². The van der Waals surface area contributed by atoms with E-state index in [4.69, 9.17) is 16.3 Å². The van der Waals surface area contributed by atoms with Crippen LogP contribution in [0, 0.1) is 6.92 Å². The molecule has 0 aliphatic carbocycles. The van der Waals surface area contributed by atoms with Crippen molar-refractivity contribution in [2.75, 3.05) is 7.11 Å². The van der Waals surface area contributed by atoms with E-state index < -0.39 is 0 Å². The highest BCUT2D eigenvalue weighted by molar-refractivity contribution is 6.16. The average Bonchev–Trinajstić information content (AvgIpc) is 2.70. The molecule has 2 rings (SSSR count). The Balaban J connectivity index is 2.38. The molecule has 0 amide bonds. The van der Waals surface area contributed by atoms with Crippen LogP contribution in [0.1, 0.15) is 11.4 Å². The summed E-state index contributed by atoms with van der Waals surface area (Å²) in [5, 5.41) is 8.06. The van der Waals surface area contributed by atoms with E-state index in [0.29, 0.717) is 5.88 Å². The summed E-state index contributed by atoms with van der Waals surface area (Å²) in [7, 11) is 1.64. The van der Waals surface area contributed by atoms with Crippen molar-refractivity contribution >= 4 is 11.6 Å². The molecule has 0 N–H and O–H groups in total. The van der Waals surface area contributed by atoms with Crippen LogP contribution in [-0.2, 0) is 5.88 Å². The molecule has 1 aromatic heterocycles. The van der Waals surface area contributed by atoms with Crippen LogP contribution >= 0.6 is 11.6 Å². The molecule has 4 nitrogen and oxygen atoms in total. The minimum atomic E-state index is 0.377. The minimum Gasteiger partial charge on any atom is -0.497 e. The molecule has 0 bridgehead atoms. The maximum atomic E-state index is 5.74. The van der Waals surface area contributed by atoms with Crippen molar-refractivity contribution in [2.45, 2.75) is 12.8 Å². The van der Waals surface area contributed by atoms with Crippen LogP contribution < -0.4 is 4.74 Å². The molecule has 1 heterocycles. The van der Waals surface area contributed by atoms with Gasteiger partial charge in [0.2, 0.25) is 0 Å². The number of aromatic nitrogens is 3. The van der Waals surface area contributed by atoms with Crippen LogP contribution in [0.5, 0.6) is 5.75 Å². The van der Waals surface area contributed by atoms with Gasteiger partial charge in [-0.05, 0) is 31.2 Å². The molecule has 5 heteroatoms. The van der Waals surface area contributed by atoms with Crippen molar-refractivity contribution < 1.29 is 4.74 Å². The summed E-state index contributed by atoms with van der Waals surface area (Å²) >= 11 is 5.74. The molecule has 0 atom stereocenters. The lowest BCUT2D eigenvalue weighted by atomic mass is 10.3. The number of hydrogen-bond acceptors (Lipinski definition) is 3. The molecule has 1 aromatic carbocycles. The lowest BCUT2D eigenvalue weighted by Crippen LogP contribution is -1.99. The molecule has 0 aliphatic rings. The Morgan fingerprint density at radius 1 is 1.31 bits per heavy atom. The Hall–Kier alpha value is -1.55. The van der Waals surface area contributed by atoms with Crippen molar-refractivity contribution in [3.63, 3.8) is 0 Å². The lowest BCUT2D eigenvalue weighted by Gasteiger charge is -2.04. The molecule has 0 fully saturated rings. The van der Waals surface area contributed by atoms with Gasteiger partial charge in [0.25, 0.3) is 0 Å². The fraction of sp³-hybridized carbons (Fsp3) is 0.273. The van der Waals surface area contributed by atoms with E-state index in [1.165, 1.54) is 0 Å². The summed E-state index contributed by atoms with van der Waals surface area (Å²) in [6.07, 6.45) is 0. The van der Waals surface area contributed by atoms with Gasteiger partial charge in [-0.25, -0.2) is 4.68 Å². The second-order valence-electron chi connectivity index (χ2n) is 3.37. The van der Waals surface area contributed by atoms with Gasteiger partial charge in [0, 0.05) is 0 Å². The molecule has 84 valence electrons. The first-order valence-corrected chi connectivity index (χ1v) is 5.41.